The van der Waals surface area contributed by atoms with Crippen LogP contribution in [0.15, 0.2) is 83.4 Å². The number of aromatic nitrogens is 2. The number of oxazole rings is 1. The van der Waals surface area contributed by atoms with Crippen LogP contribution in [-0.2, 0) is 7.05 Å². The van der Waals surface area contributed by atoms with Crippen molar-refractivity contribution in [3.8, 4) is 0 Å². The third-order valence-electron chi connectivity index (χ3n) is 5.12. The first-order chi connectivity index (χ1) is 13.7. The van der Waals surface area contributed by atoms with Crippen LogP contribution < -0.4 is 33.4 Å². The topological polar surface area (TPSA) is 33.2 Å². The average Bonchev–Trinajstić information content (AvgIpc) is 3.15. The number of pyridine rings is 1. The number of halogens is 1. The van der Waals surface area contributed by atoms with Crippen LogP contribution in [0.3, 0.4) is 0 Å². The number of nitrogens with zero attached hydrogens (tertiary/aromatic N) is 3. The van der Waals surface area contributed by atoms with E-state index in [2.05, 4.69) is 71.5 Å². The second-order valence-corrected chi connectivity index (χ2v) is 6.93. The van der Waals surface area contributed by atoms with Crippen LogP contribution in [0.2, 0.25) is 0 Å². The van der Waals surface area contributed by atoms with Gasteiger partial charge in [0, 0.05) is 35.1 Å². The number of hydrogen-bond donors (Lipinski definition) is 0. The molecule has 3 heterocycles. The number of anilines is 1. The van der Waals surface area contributed by atoms with Crippen molar-refractivity contribution < 1.29 is 33.0 Å². The number of rotatable bonds is 2. The Hall–Kier alpha value is -2.93. The molecular formula is C24H20IN3O. The summed E-state index contributed by atoms with van der Waals surface area (Å²) >= 11 is 0. The van der Waals surface area contributed by atoms with E-state index in [1.54, 1.807) is 0 Å². The van der Waals surface area contributed by atoms with E-state index in [1.165, 1.54) is 5.56 Å². The summed E-state index contributed by atoms with van der Waals surface area (Å²) in [6.07, 6.45) is 6.20. The van der Waals surface area contributed by atoms with Gasteiger partial charge in [0.05, 0.1) is 13.2 Å². The lowest BCUT2D eigenvalue weighted by atomic mass is 9.95. The number of allylic oxidation sites excluding steroid dienone is 2. The summed E-state index contributed by atoms with van der Waals surface area (Å²) in [6.45, 7) is 0. The van der Waals surface area contributed by atoms with Gasteiger partial charge in [-0.05, 0) is 35.4 Å². The Morgan fingerprint density at radius 2 is 1.72 bits per heavy atom. The second kappa shape index (κ2) is 7.83. The molecule has 1 aliphatic heterocycles. The Labute approximate surface area is 186 Å². The van der Waals surface area contributed by atoms with Crippen LogP contribution in [0.5, 0.6) is 0 Å². The zero-order valence-corrected chi connectivity index (χ0v) is 18.4. The molecule has 2 aromatic heterocycles. The summed E-state index contributed by atoms with van der Waals surface area (Å²) in [7, 11) is 4.08. The fourth-order valence-electron chi connectivity index (χ4n) is 3.69. The molecule has 0 amide bonds. The van der Waals surface area contributed by atoms with E-state index < -0.39 is 0 Å². The minimum absolute atomic E-state index is 0. The Morgan fingerprint density at radius 1 is 0.966 bits per heavy atom. The lowest BCUT2D eigenvalue weighted by Gasteiger charge is -2.30. The first-order valence-corrected chi connectivity index (χ1v) is 9.28. The number of benzene rings is 2. The van der Waals surface area contributed by atoms with E-state index in [1.807, 2.05) is 42.1 Å². The minimum Gasteiger partial charge on any atom is -1.00 e. The zero-order valence-electron chi connectivity index (χ0n) is 16.2. The van der Waals surface area contributed by atoms with Gasteiger partial charge in [-0.3, -0.25) is 0 Å². The van der Waals surface area contributed by atoms with E-state index in [0.717, 1.165) is 33.8 Å². The molecule has 0 aliphatic carbocycles. The third-order valence-corrected chi connectivity index (χ3v) is 5.12. The zero-order chi connectivity index (χ0) is 19.1. The highest BCUT2D eigenvalue weighted by atomic mass is 127. The molecule has 0 spiro atoms. The van der Waals surface area contributed by atoms with Crippen molar-refractivity contribution in [2.45, 2.75) is 0 Å². The van der Waals surface area contributed by atoms with Gasteiger partial charge in [-0.25, -0.2) is 4.57 Å². The van der Waals surface area contributed by atoms with Crippen molar-refractivity contribution in [2.24, 2.45) is 7.05 Å². The monoisotopic (exact) mass is 493 g/mol. The number of fused-ring (bicyclic) bond motifs is 2. The van der Waals surface area contributed by atoms with E-state index in [9.17, 15) is 0 Å². The van der Waals surface area contributed by atoms with Crippen LogP contribution in [0, 0.1) is 0 Å². The van der Waals surface area contributed by atoms with Crippen molar-refractivity contribution in [3.63, 3.8) is 0 Å². The molecule has 4 nitrogen and oxygen atoms in total. The van der Waals surface area contributed by atoms with Gasteiger partial charge in [-0.1, -0.05) is 48.5 Å². The van der Waals surface area contributed by atoms with Gasteiger partial charge >= 0.3 is 11.5 Å². The first-order valence-electron chi connectivity index (χ1n) is 9.28. The fourth-order valence-corrected chi connectivity index (χ4v) is 3.69. The van der Waals surface area contributed by atoms with Crippen LogP contribution in [-0.4, -0.2) is 12.0 Å². The lowest BCUT2D eigenvalue weighted by Crippen LogP contribution is -3.00. The summed E-state index contributed by atoms with van der Waals surface area (Å²) in [5, 5.41) is 0. The average molecular weight is 493 g/mol. The molecule has 144 valence electrons. The normalized spacial score (nSPS) is 14.5. The predicted octanol–water partition coefficient (Wildman–Crippen LogP) is 1.69. The maximum absolute atomic E-state index is 5.98. The van der Waals surface area contributed by atoms with Gasteiger partial charge in [0.15, 0.2) is 0 Å². The Kier molecular flexibility index (Phi) is 5.24. The first kappa shape index (κ1) is 19.4. The highest BCUT2D eigenvalue weighted by Gasteiger charge is 2.22. The standard InChI is InChI=1S/C24H20N3O.HI/c1-26-14-8-13-22-24(26)25-23(28-22)16-18-15-21(17-9-4-3-5-10-17)27(2)20-12-7-6-11-19(18)20;/h3-16H,1-2H3;1H/q+1;/p-1. The van der Waals surface area contributed by atoms with Gasteiger partial charge < -0.3 is 33.3 Å². The maximum Gasteiger partial charge on any atom is 0.370 e. The van der Waals surface area contributed by atoms with Crippen molar-refractivity contribution in [1.82, 2.24) is 4.98 Å². The van der Waals surface area contributed by atoms with Crippen molar-refractivity contribution >= 4 is 34.3 Å². The van der Waals surface area contributed by atoms with E-state index >= 15 is 0 Å². The van der Waals surface area contributed by atoms with E-state index in [-0.39, 0.29) is 24.0 Å². The van der Waals surface area contributed by atoms with Crippen LogP contribution >= 0.6 is 0 Å². The molecule has 2 aromatic carbocycles. The molecule has 29 heavy (non-hydrogen) atoms. The smallest absolute Gasteiger partial charge is 0.370 e. The molecule has 0 fully saturated rings. The molecule has 0 saturated carbocycles. The van der Waals surface area contributed by atoms with Crippen LogP contribution in [0.4, 0.5) is 5.69 Å². The highest BCUT2D eigenvalue weighted by molar-refractivity contribution is 6.02. The lowest BCUT2D eigenvalue weighted by molar-refractivity contribution is -0.646. The number of para-hydroxylation sites is 1. The Balaban J connectivity index is 0.00000205. The van der Waals surface area contributed by atoms with Gasteiger partial charge in [-0.2, -0.15) is 0 Å². The molecule has 0 N–H and O–H groups in total. The predicted molar refractivity (Wildman–Crippen MR) is 112 cm³/mol. The molecule has 0 atom stereocenters. The summed E-state index contributed by atoms with van der Waals surface area (Å²) in [5.41, 5.74) is 7.35. The number of aryl methyl sites for hydroxylation is 1. The molecule has 5 rings (SSSR count). The van der Waals surface area contributed by atoms with Gasteiger partial charge in [-0.15, -0.1) is 0 Å². The van der Waals surface area contributed by atoms with E-state index in [4.69, 9.17) is 4.42 Å². The molecule has 0 saturated heterocycles. The highest BCUT2D eigenvalue weighted by Crippen LogP contribution is 2.39. The Bertz CT molecular complexity index is 1240. The summed E-state index contributed by atoms with van der Waals surface area (Å²) < 4.78 is 7.95. The van der Waals surface area contributed by atoms with Crippen molar-refractivity contribution in [3.05, 3.63) is 96.0 Å². The molecular weight excluding hydrogens is 473 g/mol. The van der Waals surface area contributed by atoms with Crippen LogP contribution in [0.25, 0.3) is 28.6 Å². The van der Waals surface area contributed by atoms with Gasteiger partial charge in [0.25, 0.3) is 0 Å². The summed E-state index contributed by atoms with van der Waals surface area (Å²) in [4.78, 5) is 6.90. The van der Waals surface area contributed by atoms with E-state index in [0.29, 0.717) is 5.89 Å². The van der Waals surface area contributed by atoms with Crippen molar-refractivity contribution in [2.75, 3.05) is 11.9 Å². The van der Waals surface area contributed by atoms with Gasteiger partial charge in [0.1, 0.15) is 0 Å². The SMILES string of the molecule is CN1C(c2ccccc2)=C/C(=C\c2nc3c(ccc[n+]3C)o2)c2ccccc21.[I-]. The Morgan fingerprint density at radius 3 is 2.52 bits per heavy atom. The number of hydrogen-bond acceptors (Lipinski definition) is 3. The molecule has 0 unspecified atom stereocenters. The second-order valence-electron chi connectivity index (χ2n) is 6.93. The third kappa shape index (κ3) is 3.46. The fraction of sp³-hybridized carbons (Fsp3) is 0.0833. The maximum atomic E-state index is 5.98. The van der Waals surface area contributed by atoms with Crippen LogP contribution in [0.1, 0.15) is 17.0 Å². The largest absolute Gasteiger partial charge is 1.00 e. The molecule has 0 bridgehead atoms. The van der Waals surface area contributed by atoms with Crippen molar-refractivity contribution in [1.29, 1.82) is 0 Å². The molecule has 0 radical (unpaired) electrons. The summed E-state index contributed by atoms with van der Waals surface area (Å²) in [5.74, 6) is 0.606. The molecule has 1 aliphatic rings. The minimum atomic E-state index is 0. The molecule has 4 aromatic rings. The van der Waals surface area contributed by atoms with Gasteiger partial charge in [0.2, 0.25) is 5.58 Å². The summed E-state index contributed by atoms with van der Waals surface area (Å²) in [6, 6.07) is 22.7. The quantitative estimate of drug-likeness (QED) is 0.315. The molecule has 5 heteroatoms.